The Balaban J connectivity index is 1.92. The minimum Gasteiger partial charge on any atom is -0.383 e. The Kier molecular flexibility index (Phi) is 4.17. The van der Waals surface area contributed by atoms with Gasteiger partial charge in [-0.05, 0) is 0 Å². The van der Waals surface area contributed by atoms with Crippen molar-refractivity contribution in [3.63, 3.8) is 0 Å². The summed E-state index contributed by atoms with van der Waals surface area (Å²) in [5.74, 6) is 0.538. The molecule has 1 N–H and O–H groups in total. The number of imidazole rings is 1. The molecule has 0 spiro atoms. The third-order valence-corrected chi connectivity index (χ3v) is 3.41. The Morgan fingerprint density at radius 3 is 3.25 bits per heavy atom. The zero-order chi connectivity index (χ0) is 11.4. The van der Waals surface area contributed by atoms with E-state index >= 15 is 0 Å². The number of hydrogen-bond acceptors (Lipinski definition) is 4. The van der Waals surface area contributed by atoms with Crippen molar-refractivity contribution in [2.24, 2.45) is 0 Å². The van der Waals surface area contributed by atoms with Crippen LogP contribution in [0.3, 0.4) is 0 Å². The highest BCUT2D eigenvalue weighted by molar-refractivity contribution is 7.15. The number of ether oxygens (including phenoxy) is 1. The fourth-order valence-corrected chi connectivity index (χ4v) is 2.39. The molecule has 2 aromatic heterocycles. The molecule has 0 radical (unpaired) electrons. The van der Waals surface area contributed by atoms with Crippen LogP contribution in [0.5, 0.6) is 0 Å². The lowest BCUT2D eigenvalue weighted by Crippen LogP contribution is -2.34. The Morgan fingerprint density at radius 2 is 2.56 bits per heavy atom. The molecule has 0 fully saturated rings. The molecule has 0 aliphatic carbocycles. The summed E-state index contributed by atoms with van der Waals surface area (Å²) in [5, 5.41) is 5.33. The maximum atomic E-state index is 5.80. The van der Waals surface area contributed by atoms with Crippen molar-refractivity contribution in [1.82, 2.24) is 14.7 Å². The average molecular weight is 260 g/mol. The Labute approximate surface area is 103 Å². The van der Waals surface area contributed by atoms with Crippen LogP contribution >= 0.6 is 22.9 Å². The van der Waals surface area contributed by atoms with E-state index in [0.717, 1.165) is 17.2 Å². The zero-order valence-corrected chi connectivity index (χ0v) is 10.6. The summed E-state index contributed by atoms with van der Waals surface area (Å²) in [7, 11) is 1.67. The van der Waals surface area contributed by atoms with Gasteiger partial charge in [0.05, 0.1) is 12.3 Å². The van der Waals surface area contributed by atoms with Gasteiger partial charge >= 0.3 is 0 Å². The number of aromatic nitrogens is 2. The summed E-state index contributed by atoms with van der Waals surface area (Å²) in [4.78, 5) is 5.49. The Morgan fingerprint density at radius 1 is 1.69 bits per heavy atom. The van der Waals surface area contributed by atoms with Crippen molar-refractivity contribution in [3.8, 4) is 0 Å². The highest BCUT2D eigenvalue weighted by atomic mass is 35.5. The van der Waals surface area contributed by atoms with Gasteiger partial charge in [-0.1, -0.05) is 0 Å². The number of fused-ring (bicyclic) bond motifs is 1. The van der Waals surface area contributed by atoms with Gasteiger partial charge in [0.1, 0.15) is 0 Å². The number of hydrogen-bond donors (Lipinski definition) is 1. The van der Waals surface area contributed by atoms with Crippen molar-refractivity contribution in [2.45, 2.75) is 12.6 Å². The minimum atomic E-state index is 0.173. The van der Waals surface area contributed by atoms with Crippen LogP contribution in [0.25, 0.3) is 4.96 Å². The van der Waals surface area contributed by atoms with Crippen LogP contribution in [0.1, 0.15) is 5.69 Å². The predicted molar refractivity (Wildman–Crippen MR) is 66.3 cm³/mol. The van der Waals surface area contributed by atoms with Gasteiger partial charge in [-0.2, -0.15) is 0 Å². The summed E-state index contributed by atoms with van der Waals surface area (Å²) in [6.45, 7) is 1.33. The standard InChI is InChI=1S/C10H14ClN3OS/c1-15-7-8(4-11)12-5-9-6-14-2-3-16-10(14)13-9/h2-3,6,8,12H,4-5,7H2,1H3. The molecule has 2 rings (SSSR count). The third kappa shape index (κ3) is 2.74. The number of nitrogens with zero attached hydrogens (tertiary/aromatic N) is 2. The molecule has 2 heterocycles. The van der Waals surface area contributed by atoms with Crippen LogP contribution in [0.15, 0.2) is 17.8 Å². The van der Waals surface area contributed by atoms with Gasteiger partial charge in [0.15, 0.2) is 4.96 Å². The lowest BCUT2D eigenvalue weighted by molar-refractivity contribution is 0.172. The molecule has 2 aromatic rings. The van der Waals surface area contributed by atoms with E-state index in [9.17, 15) is 0 Å². The molecule has 0 aliphatic heterocycles. The summed E-state index contributed by atoms with van der Waals surface area (Å²) < 4.78 is 7.08. The number of thiazole rings is 1. The van der Waals surface area contributed by atoms with Crippen LogP contribution < -0.4 is 5.32 Å². The molecule has 0 aliphatic rings. The first-order valence-electron chi connectivity index (χ1n) is 5.03. The molecule has 88 valence electrons. The van der Waals surface area contributed by atoms with Gasteiger partial charge in [-0.3, -0.25) is 4.40 Å². The van der Waals surface area contributed by atoms with E-state index in [-0.39, 0.29) is 6.04 Å². The van der Waals surface area contributed by atoms with Gasteiger partial charge in [-0.25, -0.2) is 4.98 Å². The number of methoxy groups -OCH3 is 1. The molecular weight excluding hydrogens is 246 g/mol. The molecule has 1 atom stereocenters. The molecule has 0 saturated carbocycles. The first-order valence-corrected chi connectivity index (χ1v) is 6.44. The topological polar surface area (TPSA) is 38.6 Å². The summed E-state index contributed by atoms with van der Waals surface area (Å²) in [5.41, 5.74) is 1.03. The summed E-state index contributed by atoms with van der Waals surface area (Å²) in [6, 6.07) is 0.173. The maximum absolute atomic E-state index is 5.80. The highest BCUT2D eigenvalue weighted by Crippen LogP contribution is 2.11. The molecule has 1 unspecified atom stereocenters. The van der Waals surface area contributed by atoms with E-state index in [4.69, 9.17) is 16.3 Å². The fourth-order valence-electron chi connectivity index (χ4n) is 1.47. The summed E-state index contributed by atoms with van der Waals surface area (Å²) >= 11 is 7.44. The van der Waals surface area contributed by atoms with Crippen LogP contribution in [0, 0.1) is 0 Å². The van der Waals surface area contributed by atoms with Gasteiger partial charge in [0, 0.05) is 43.4 Å². The quantitative estimate of drug-likeness (QED) is 0.804. The third-order valence-electron chi connectivity index (χ3n) is 2.27. The molecule has 6 heteroatoms. The van der Waals surface area contributed by atoms with Crippen molar-refractivity contribution >= 4 is 27.9 Å². The molecule has 16 heavy (non-hydrogen) atoms. The maximum Gasteiger partial charge on any atom is 0.193 e. The largest absolute Gasteiger partial charge is 0.383 e. The molecule has 0 bridgehead atoms. The highest BCUT2D eigenvalue weighted by Gasteiger charge is 2.08. The monoisotopic (exact) mass is 259 g/mol. The number of halogens is 1. The van der Waals surface area contributed by atoms with E-state index in [1.165, 1.54) is 0 Å². The predicted octanol–water partition coefficient (Wildman–Crippen LogP) is 1.74. The van der Waals surface area contributed by atoms with Crippen LogP contribution in [0.4, 0.5) is 0 Å². The molecule has 0 amide bonds. The first-order chi connectivity index (χ1) is 7.83. The van der Waals surface area contributed by atoms with E-state index in [1.54, 1.807) is 18.4 Å². The van der Waals surface area contributed by atoms with Crippen molar-refractivity contribution < 1.29 is 4.74 Å². The lowest BCUT2D eigenvalue weighted by atomic mass is 10.3. The van der Waals surface area contributed by atoms with E-state index in [0.29, 0.717) is 12.5 Å². The van der Waals surface area contributed by atoms with Crippen LogP contribution in [-0.4, -0.2) is 35.0 Å². The van der Waals surface area contributed by atoms with Crippen molar-refractivity contribution in [2.75, 3.05) is 19.6 Å². The second-order valence-corrected chi connectivity index (χ2v) is 4.69. The second kappa shape index (κ2) is 5.63. The Bertz CT molecular complexity index is 413. The van der Waals surface area contributed by atoms with Gasteiger partial charge in [0.2, 0.25) is 0 Å². The molecule has 0 saturated heterocycles. The lowest BCUT2D eigenvalue weighted by Gasteiger charge is -2.13. The average Bonchev–Trinajstić information content (AvgIpc) is 2.84. The van der Waals surface area contributed by atoms with E-state index in [2.05, 4.69) is 10.3 Å². The molecule has 0 aromatic carbocycles. The smallest absolute Gasteiger partial charge is 0.193 e. The minimum absolute atomic E-state index is 0.173. The number of nitrogens with one attached hydrogen (secondary N) is 1. The van der Waals surface area contributed by atoms with Gasteiger partial charge in [0.25, 0.3) is 0 Å². The number of alkyl halides is 1. The van der Waals surface area contributed by atoms with Crippen LogP contribution in [0.2, 0.25) is 0 Å². The molecule has 4 nitrogen and oxygen atoms in total. The number of rotatable bonds is 6. The van der Waals surface area contributed by atoms with E-state index in [1.807, 2.05) is 22.2 Å². The van der Waals surface area contributed by atoms with Gasteiger partial charge in [-0.15, -0.1) is 22.9 Å². The Hall–Kier alpha value is -0.620. The second-order valence-electron chi connectivity index (χ2n) is 3.51. The van der Waals surface area contributed by atoms with Crippen molar-refractivity contribution in [3.05, 3.63) is 23.5 Å². The normalized spacial score (nSPS) is 13.4. The SMILES string of the molecule is COCC(CCl)NCc1cn2ccsc2n1. The fraction of sp³-hybridized carbons (Fsp3) is 0.500. The summed E-state index contributed by atoms with van der Waals surface area (Å²) in [6.07, 6.45) is 4.03. The van der Waals surface area contributed by atoms with Crippen LogP contribution in [-0.2, 0) is 11.3 Å². The van der Waals surface area contributed by atoms with Crippen molar-refractivity contribution in [1.29, 1.82) is 0 Å². The molecular formula is C10H14ClN3OS. The van der Waals surface area contributed by atoms with Gasteiger partial charge < -0.3 is 10.1 Å². The first kappa shape index (κ1) is 11.9. The van der Waals surface area contributed by atoms with E-state index < -0.39 is 0 Å². The zero-order valence-electron chi connectivity index (χ0n) is 9.02.